The van der Waals surface area contributed by atoms with Crippen LogP contribution in [0.15, 0.2) is 12.1 Å². The van der Waals surface area contributed by atoms with Crippen LogP contribution < -0.4 is 4.74 Å². The zero-order valence-electron chi connectivity index (χ0n) is 6.81. The highest BCUT2D eigenvalue weighted by molar-refractivity contribution is 5.30. The first-order valence-corrected chi connectivity index (χ1v) is 3.58. The van der Waals surface area contributed by atoms with E-state index in [-0.39, 0.29) is 5.56 Å². The second-order valence-electron chi connectivity index (χ2n) is 2.41. The van der Waals surface area contributed by atoms with E-state index in [4.69, 9.17) is 5.11 Å². The van der Waals surface area contributed by atoms with Crippen molar-refractivity contribution in [1.29, 1.82) is 0 Å². The van der Waals surface area contributed by atoms with Crippen molar-refractivity contribution in [1.82, 2.24) is 0 Å². The van der Waals surface area contributed by atoms with Crippen LogP contribution in [-0.4, -0.2) is 11.7 Å². The molecule has 14 heavy (non-hydrogen) atoms. The van der Waals surface area contributed by atoms with Crippen LogP contribution in [0.1, 0.15) is 5.56 Å². The summed E-state index contributed by atoms with van der Waals surface area (Å²) in [4.78, 5) is 0. The zero-order valence-corrected chi connectivity index (χ0v) is 6.81. The molecule has 78 valence electrons. The van der Waals surface area contributed by atoms with E-state index in [1.54, 1.807) is 0 Å². The van der Waals surface area contributed by atoms with Crippen molar-refractivity contribution in [2.75, 3.05) is 0 Å². The van der Waals surface area contributed by atoms with E-state index in [0.29, 0.717) is 12.1 Å². The molecule has 6 heteroatoms. The third kappa shape index (κ3) is 2.35. The molecule has 0 aliphatic rings. The van der Waals surface area contributed by atoms with Gasteiger partial charge in [-0.25, -0.2) is 8.78 Å². The summed E-state index contributed by atoms with van der Waals surface area (Å²) < 4.78 is 52.7. The Morgan fingerprint density at radius 3 is 2.36 bits per heavy atom. The van der Waals surface area contributed by atoms with Crippen molar-refractivity contribution in [3.05, 3.63) is 29.3 Å². The molecule has 2 nitrogen and oxygen atoms in total. The summed E-state index contributed by atoms with van der Waals surface area (Å²) in [6, 6.07) is 1.07. The molecule has 0 aliphatic carbocycles. The van der Waals surface area contributed by atoms with Crippen molar-refractivity contribution in [3.63, 3.8) is 0 Å². The van der Waals surface area contributed by atoms with Crippen molar-refractivity contribution in [2.24, 2.45) is 0 Å². The Labute approximate surface area is 76.7 Å². The SMILES string of the molecule is OCc1cc(F)c(OC(F)F)cc1F. The van der Waals surface area contributed by atoms with Gasteiger partial charge in [0.05, 0.1) is 6.61 Å². The molecule has 0 fully saturated rings. The minimum Gasteiger partial charge on any atom is -0.432 e. The summed E-state index contributed by atoms with van der Waals surface area (Å²) in [5.41, 5.74) is -0.316. The number of hydrogen-bond donors (Lipinski definition) is 1. The van der Waals surface area contributed by atoms with E-state index in [1.807, 2.05) is 0 Å². The average molecular weight is 210 g/mol. The lowest BCUT2D eigenvalue weighted by molar-refractivity contribution is -0.0523. The predicted octanol–water partition coefficient (Wildman–Crippen LogP) is 2.06. The van der Waals surface area contributed by atoms with Gasteiger partial charge in [-0.3, -0.25) is 0 Å². The molecule has 0 atom stereocenters. The molecule has 0 aliphatic heterocycles. The van der Waals surface area contributed by atoms with Gasteiger partial charge in [0.15, 0.2) is 11.6 Å². The molecular weight excluding hydrogens is 204 g/mol. The van der Waals surface area contributed by atoms with Crippen LogP contribution >= 0.6 is 0 Å². The van der Waals surface area contributed by atoms with Crippen LogP contribution in [0.4, 0.5) is 17.6 Å². The van der Waals surface area contributed by atoms with E-state index < -0.39 is 30.6 Å². The lowest BCUT2D eigenvalue weighted by Gasteiger charge is -2.07. The van der Waals surface area contributed by atoms with E-state index in [9.17, 15) is 17.6 Å². The Morgan fingerprint density at radius 1 is 1.21 bits per heavy atom. The number of halogens is 4. The van der Waals surface area contributed by atoms with Gasteiger partial charge in [0, 0.05) is 11.6 Å². The maximum Gasteiger partial charge on any atom is 0.387 e. The smallest absolute Gasteiger partial charge is 0.387 e. The Hall–Kier alpha value is -1.30. The Kier molecular flexibility index (Phi) is 3.29. The lowest BCUT2D eigenvalue weighted by atomic mass is 10.2. The Balaban J connectivity index is 3.02. The number of ether oxygens (including phenoxy) is 1. The van der Waals surface area contributed by atoms with E-state index in [0.717, 1.165) is 0 Å². The number of hydrogen-bond acceptors (Lipinski definition) is 2. The summed E-state index contributed by atoms with van der Waals surface area (Å²) >= 11 is 0. The highest BCUT2D eigenvalue weighted by Gasteiger charge is 2.13. The van der Waals surface area contributed by atoms with Crippen molar-refractivity contribution < 1.29 is 27.4 Å². The number of benzene rings is 1. The molecule has 0 spiro atoms. The van der Waals surface area contributed by atoms with Crippen LogP contribution in [0.2, 0.25) is 0 Å². The van der Waals surface area contributed by atoms with Crippen LogP contribution in [0.3, 0.4) is 0 Å². The molecule has 0 saturated carbocycles. The predicted molar refractivity (Wildman–Crippen MR) is 38.9 cm³/mol. The summed E-state index contributed by atoms with van der Waals surface area (Å²) in [5, 5.41) is 8.52. The molecular formula is C8H6F4O2. The average Bonchev–Trinajstić information content (AvgIpc) is 2.10. The fourth-order valence-corrected chi connectivity index (χ4v) is 0.877. The first kappa shape index (κ1) is 10.8. The number of rotatable bonds is 3. The van der Waals surface area contributed by atoms with Gasteiger partial charge in [-0.1, -0.05) is 0 Å². The van der Waals surface area contributed by atoms with Gasteiger partial charge in [0.25, 0.3) is 0 Å². The van der Waals surface area contributed by atoms with Crippen molar-refractivity contribution in [3.8, 4) is 5.75 Å². The molecule has 0 heterocycles. The molecule has 0 bridgehead atoms. The molecule has 0 saturated heterocycles. The van der Waals surface area contributed by atoms with Gasteiger partial charge in [-0.05, 0) is 6.07 Å². The van der Waals surface area contributed by atoms with Gasteiger partial charge in [-0.2, -0.15) is 8.78 Å². The van der Waals surface area contributed by atoms with Crippen molar-refractivity contribution >= 4 is 0 Å². The van der Waals surface area contributed by atoms with Crippen LogP contribution in [0.5, 0.6) is 5.75 Å². The molecule has 1 aromatic rings. The van der Waals surface area contributed by atoms with Crippen LogP contribution in [0, 0.1) is 11.6 Å². The minimum absolute atomic E-state index is 0.316. The fraction of sp³-hybridized carbons (Fsp3) is 0.250. The minimum atomic E-state index is -3.22. The first-order chi connectivity index (χ1) is 6.54. The summed E-state index contributed by atoms with van der Waals surface area (Å²) in [5.74, 6) is -3.02. The van der Waals surface area contributed by atoms with Crippen LogP contribution in [-0.2, 0) is 6.61 Å². The quantitative estimate of drug-likeness (QED) is 0.773. The normalized spacial score (nSPS) is 10.7. The third-order valence-electron chi connectivity index (χ3n) is 1.49. The van der Waals surface area contributed by atoms with E-state index in [1.165, 1.54) is 0 Å². The van der Waals surface area contributed by atoms with Gasteiger partial charge in [0.2, 0.25) is 0 Å². The van der Waals surface area contributed by atoms with Gasteiger partial charge in [-0.15, -0.1) is 0 Å². The first-order valence-electron chi connectivity index (χ1n) is 3.58. The van der Waals surface area contributed by atoms with E-state index >= 15 is 0 Å². The van der Waals surface area contributed by atoms with Crippen molar-refractivity contribution in [2.45, 2.75) is 13.2 Å². The topological polar surface area (TPSA) is 29.5 Å². The third-order valence-corrected chi connectivity index (χ3v) is 1.49. The molecule has 0 aromatic heterocycles. The van der Waals surface area contributed by atoms with Gasteiger partial charge < -0.3 is 9.84 Å². The summed E-state index contributed by atoms with van der Waals surface area (Å²) in [6.45, 7) is -3.93. The highest BCUT2D eigenvalue weighted by atomic mass is 19.3. The van der Waals surface area contributed by atoms with Crippen LogP contribution in [0.25, 0.3) is 0 Å². The molecule has 0 radical (unpaired) electrons. The Morgan fingerprint density at radius 2 is 1.86 bits per heavy atom. The molecule has 1 aromatic carbocycles. The molecule has 0 amide bonds. The standard InChI is InChI=1S/C8H6F4O2/c9-5-2-7(14-8(11)12)6(10)1-4(5)3-13/h1-2,8,13H,3H2. The fourth-order valence-electron chi connectivity index (χ4n) is 0.877. The maximum absolute atomic E-state index is 12.8. The number of alkyl halides is 2. The second kappa shape index (κ2) is 4.28. The Bertz CT molecular complexity index is 327. The molecule has 1 rings (SSSR count). The largest absolute Gasteiger partial charge is 0.432 e. The molecule has 1 N–H and O–H groups in total. The maximum atomic E-state index is 12.8. The second-order valence-corrected chi connectivity index (χ2v) is 2.41. The number of aliphatic hydroxyl groups is 1. The lowest BCUT2D eigenvalue weighted by Crippen LogP contribution is -2.05. The van der Waals surface area contributed by atoms with Gasteiger partial charge in [0.1, 0.15) is 5.82 Å². The summed E-state index contributed by atoms with van der Waals surface area (Å²) in [7, 11) is 0. The van der Waals surface area contributed by atoms with Gasteiger partial charge >= 0.3 is 6.61 Å². The van der Waals surface area contributed by atoms with E-state index in [2.05, 4.69) is 4.74 Å². The highest BCUT2D eigenvalue weighted by Crippen LogP contribution is 2.23. The molecule has 0 unspecified atom stereocenters. The monoisotopic (exact) mass is 210 g/mol. The number of aliphatic hydroxyl groups excluding tert-OH is 1. The zero-order chi connectivity index (χ0) is 10.7. The summed E-state index contributed by atoms with van der Waals surface area (Å²) in [6.07, 6.45) is 0.